The lowest BCUT2D eigenvalue weighted by atomic mass is 10.5. The Hall–Kier alpha value is -1.18. The average molecular weight is 281 g/mol. The van der Waals surface area contributed by atoms with E-state index in [1.54, 1.807) is 12.4 Å². The summed E-state index contributed by atoms with van der Waals surface area (Å²) in [7, 11) is 0. The van der Waals surface area contributed by atoms with Gasteiger partial charge < -0.3 is 9.88 Å². The van der Waals surface area contributed by atoms with Crippen LogP contribution in [-0.2, 0) is 11.3 Å². The van der Waals surface area contributed by atoms with Crippen LogP contribution in [-0.4, -0.2) is 33.9 Å². The molecule has 8 heteroatoms. The number of rotatable bonds is 6. The minimum absolute atomic E-state index is 0.0726. The van der Waals surface area contributed by atoms with Gasteiger partial charge in [0.2, 0.25) is 5.91 Å². The lowest BCUT2D eigenvalue weighted by Gasteiger charge is -2.08. The second kappa shape index (κ2) is 6.67. The van der Waals surface area contributed by atoms with Crippen molar-refractivity contribution in [2.45, 2.75) is 31.2 Å². The summed E-state index contributed by atoms with van der Waals surface area (Å²) in [6.07, 6.45) is -0.0732. The van der Waals surface area contributed by atoms with E-state index in [9.17, 15) is 18.0 Å². The fourth-order valence-corrected chi connectivity index (χ4v) is 2.04. The number of nitrogens with zero attached hydrogens (tertiary/aromatic N) is 2. The highest BCUT2D eigenvalue weighted by Crippen LogP contribution is 2.16. The number of thioether (sulfide) groups is 1. The van der Waals surface area contributed by atoms with Crippen molar-refractivity contribution in [3.05, 3.63) is 12.4 Å². The molecule has 0 radical (unpaired) electrons. The third-order valence-electron chi connectivity index (χ3n) is 1.96. The molecule has 1 aromatic rings. The van der Waals surface area contributed by atoms with Crippen molar-refractivity contribution in [3.63, 3.8) is 0 Å². The number of hydrogen-bond acceptors (Lipinski definition) is 3. The molecule has 1 amide bonds. The van der Waals surface area contributed by atoms with Crippen molar-refractivity contribution in [1.29, 1.82) is 0 Å². The molecule has 1 heterocycles. The molecule has 0 spiro atoms. The summed E-state index contributed by atoms with van der Waals surface area (Å²) in [4.78, 5) is 15.2. The number of nitrogens with one attached hydrogen (secondary N) is 1. The van der Waals surface area contributed by atoms with E-state index in [0.717, 1.165) is 24.7 Å². The van der Waals surface area contributed by atoms with E-state index in [0.29, 0.717) is 5.16 Å². The molecule has 18 heavy (non-hydrogen) atoms. The number of imidazole rings is 1. The molecule has 4 nitrogen and oxygen atoms in total. The van der Waals surface area contributed by atoms with E-state index in [4.69, 9.17) is 0 Å². The highest BCUT2D eigenvalue weighted by Gasteiger charge is 2.27. The smallest absolute Gasteiger partial charge is 0.346 e. The van der Waals surface area contributed by atoms with Crippen LogP contribution in [0.1, 0.15) is 13.3 Å². The monoisotopic (exact) mass is 281 g/mol. The first kappa shape index (κ1) is 14.9. The Morgan fingerprint density at radius 3 is 2.89 bits per heavy atom. The Kier molecular flexibility index (Phi) is 5.52. The Balaban J connectivity index is 2.36. The molecule has 1 N–H and O–H groups in total. The second-order valence-corrected chi connectivity index (χ2v) is 4.53. The van der Waals surface area contributed by atoms with Crippen LogP contribution in [0.5, 0.6) is 0 Å². The van der Waals surface area contributed by atoms with Gasteiger partial charge >= 0.3 is 6.18 Å². The summed E-state index contributed by atoms with van der Waals surface area (Å²) in [6.45, 7) is 1.48. The van der Waals surface area contributed by atoms with Gasteiger partial charge in [0.15, 0.2) is 5.16 Å². The molecule has 102 valence electrons. The van der Waals surface area contributed by atoms with E-state index >= 15 is 0 Å². The van der Waals surface area contributed by atoms with Crippen LogP contribution in [0.15, 0.2) is 17.6 Å². The molecule has 1 rings (SSSR count). The average Bonchev–Trinajstić information content (AvgIpc) is 2.71. The third kappa shape index (κ3) is 5.44. The van der Waals surface area contributed by atoms with Crippen LogP contribution >= 0.6 is 11.8 Å². The molecule has 0 unspecified atom stereocenters. The lowest BCUT2D eigenvalue weighted by molar-refractivity contribution is -0.136. The summed E-state index contributed by atoms with van der Waals surface area (Å²) in [6, 6.07) is 0. The largest absolute Gasteiger partial charge is 0.405 e. The van der Waals surface area contributed by atoms with Gasteiger partial charge in [-0.2, -0.15) is 13.2 Å². The molecule has 0 aliphatic rings. The Labute approximate surface area is 107 Å². The standard InChI is InChI=1S/C10H14F3N3OS/c1-2-4-16-5-3-14-9(16)18-6-8(17)15-7-10(11,12)13/h3,5H,2,4,6-7H2,1H3,(H,15,17). The van der Waals surface area contributed by atoms with E-state index < -0.39 is 18.6 Å². The topological polar surface area (TPSA) is 46.9 Å². The molecular weight excluding hydrogens is 267 g/mol. The highest BCUT2D eigenvalue weighted by molar-refractivity contribution is 7.99. The van der Waals surface area contributed by atoms with Crippen molar-refractivity contribution in [3.8, 4) is 0 Å². The minimum atomic E-state index is -4.37. The number of hydrogen-bond donors (Lipinski definition) is 1. The maximum absolute atomic E-state index is 11.9. The van der Waals surface area contributed by atoms with E-state index in [2.05, 4.69) is 4.98 Å². The Morgan fingerprint density at radius 2 is 2.28 bits per heavy atom. The SMILES string of the molecule is CCCn1ccnc1SCC(=O)NCC(F)(F)F. The van der Waals surface area contributed by atoms with Gasteiger partial charge in [-0.25, -0.2) is 4.98 Å². The first-order valence-electron chi connectivity index (χ1n) is 5.39. The molecular formula is C10H14F3N3OS. The van der Waals surface area contributed by atoms with Gasteiger partial charge in [0.25, 0.3) is 0 Å². The number of halogens is 3. The van der Waals surface area contributed by atoms with E-state index in [1.165, 1.54) is 0 Å². The Morgan fingerprint density at radius 1 is 1.56 bits per heavy atom. The van der Waals surface area contributed by atoms with Crippen molar-refractivity contribution in [1.82, 2.24) is 14.9 Å². The van der Waals surface area contributed by atoms with Crippen LogP contribution in [0.2, 0.25) is 0 Å². The van der Waals surface area contributed by atoms with Gasteiger partial charge in [-0.15, -0.1) is 0 Å². The van der Waals surface area contributed by atoms with Crippen LogP contribution in [0.25, 0.3) is 0 Å². The highest BCUT2D eigenvalue weighted by atomic mass is 32.2. The van der Waals surface area contributed by atoms with E-state index in [1.807, 2.05) is 16.8 Å². The number of aromatic nitrogens is 2. The number of carbonyl (C=O) groups excluding carboxylic acids is 1. The first-order chi connectivity index (χ1) is 8.42. The van der Waals surface area contributed by atoms with Gasteiger partial charge in [0, 0.05) is 18.9 Å². The van der Waals surface area contributed by atoms with Crippen molar-refractivity contribution in [2.24, 2.45) is 0 Å². The fourth-order valence-electron chi connectivity index (χ4n) is 1.23. The minimum Gasteiger partial charge on any atom is -0.346 e. The zero-order chi connectivity index (χ0) is 13.6. The van der Waals surface area contributed by atoms with Crippen LogP contribution in [0.3, 0.4) is 0 Å². The Bertz CT molecular complexity index is 392. The maximum Gasteiger partial charge on any atom is 0.405 e. The van der Waals surface area contributed by atoms with Gasteiger partial charge in [0.1, 0.15) is 6.54 Å². The summed E-state index contributed by atoms with van der Waals surface area (Å²) >= 11 is 1.12. The second-order valence-electron chi connectivity index (χ2n) is 3.58. The van der Waals surface area contributed by atoms with Gasteiger partial charge in [-0.05, 0) is 6.42 Å². The van der Waals surface area contributed by atoms with Gasteiger partial charge in [-0.1, -0.05) is 18.7 Å². The molecule has 0 aliphatic carbocycles. The van der Waals surface area contributed by atoms with Crippen LogP contribution < -0.4 is 5.32 Å². The molecule has 1 aromatic heterocycles. The summed E-state index contributed by atoms with van der Waals surface area (Å²) in [5.74, 6) is -0.722. The van der Waals surface area contributed by atoms with Crippen LogP contribution in [0, 0.1) is 0 Å². The normalized spacial score (nSPS) is 11.6. The fraction of sp³-hybridized carbons (Fsp3) is 0.600. The van der Waals surface area contributed by atoms with Crippen LogP contribution in [0.4, 0.5) is 13.2 Å². The lowest BCUT2D eigenvalue weighted by Crippen LogP contribution is -2.34. The zero-order valence-corrected chi connectivity index (χ0v) is 10.6. The molecule has 0 saturated heterocycles. The third-order valence-corrected chi connectivity index (χ3v) is 2.96. The summed E-state index contributed by atoms with van der Waals surface area (Å²) in [5, 5.41) is 2.45. The zero-order valence-electron chi connectivity index (χ0n) is 9.83. The summed E-state index contributed by atoms with van der Waals surface area (Å²) in [5.41, 5.74) is 0. The van der Waals surface area contributed by atoms with Crippen molar-refractivity contribution >= 4 is 17.7 Å². The maximum atomic E-state index is 11.9. The number of carbonyl (C=O) groups is 1. The van der Waals surface area contributed by atoms with Gasteiger partial charge in [0.05, 0.1) is 5.75 Å². The quantitative estimate of drug-likeness (QED) is 0.812. The predicted molar refractivity (Wildman–Crippen MR) is 62.3 cm³/mol. The van der Waals surface area contributed by atoms with E-state index in [-0.39, 0.29) is 5.75 Å². The van der Waals surface area contributed by atoms with Crippen molar-refractivity contribution in [2.75, 3.05) is 12.3 Å². The number of aryl methyl sites for hydroxylation is 1. The molecule has 0 bridgehead atoms. The molecule has 0 fully saturated rings. The predicted octanol–water partition coefficient (Wildman–Crippen LogP) is 2.06. The van der Waals surface area contributed by atoms with Crippen molar-refractivity contribution < 1.29 is 18.0 Å². The molecule has 0 atom stereocenters. The first-order valence-corrected chi connectivity index (χ1v) is 6.38. The molecule has 0 saturated carbocycles. The van der Waals surface area contributed by atoms with Gasteiger partial charge in [-0.3, -0.25) is 4.79 Å². The number of alkyl halides is 3. The molecule has 0 aromatic carbocycles. The molecule has 0 aliphatic heterocycles. The summed E-state index contributed by atoms with van der Waals surface area (Å²) < 4.78 is 37.4. The number of amides is 1.